The molecule has 9 heteroatoms. The standard InChI is InChI=1S/C28H25BrN2O6/c1-17(2)37-24-13-6-19(15-25(24)35-3)14-23-26(32)30-28(34)31(27(23)33)21-9-11-22(12-10-21)36-16-18-4-7-20(29)8-5-18/h4-15,17H,16H2,1-3H3,(H,30,32,34)/b23-14+. The summed E-state index contributed by atoms with van der Waals surface area (Å²) in [5.74, 6) is 0.0526. The second-order valence-corrected chi connectivity index (χ2v) is 9.36. The maximum Gasteiger partial charge on any atom is 0.335 e. The largest absolute Gasteiger partial charge is 0.493 e. The number of amides is 4. The number of urea groups is 1. The molecule has 1 aliphatic rings. The number of barbiturate groups is 1. The lowest BCUT2D eigenvalue weighted by atomic mass is 10.1. The maximum absolute atomic E-state index is 13.2. The molecule has 1 aliphatic heterocycles. The van der Waals surface area contributed by atoms with Crippen LogP contribution in [0.1, 0.15) is 25.0 Å². The van der Waals surface area contributed by atoms with Crippen molar-refractivity contribution in [1.29, 1.82) is 0 Å². The second-order valence-electron chi connectivity index (χ2n) is 8.44. The molecule has 0 spiro atoms. The van der Waals surface area contributed by atoms with Gasteiger partial charge in [-0.1, -0.05) is 34.1 Å². The fourth-order valence-electron chi connectivity index (χ4n) is 3.62. The number of carbonyl (C=O) groups is 3. The Morgan fingerprint density at radius 2 is 1.65 bits per heavy atom. The van der Waals surface area contributed by atoms with Crippen molar-refractivity contribution in [2.24, 2.45) is 0 Å². The predicted molar refractivity (Wildman–Crippen MR) is 143 cm³/mol. The van der Waals surface area contributed by atoms with E-state index in [1.807, 2.05) is 38.1 Å². The van der Waals surface area contributed by atoms with Gasteiger partial charge in [0.25, 0.3) is 11.8 Å². The summed E-state index contributed by atoms with van der Waals surface area (Å²) in [6, 6.07) is 18.5. The van der Waals surface area contributed by atoms with E-state index in [4.69, 9.17) is 14.2 Å². The molecule has 0 saturated carbocycles. The average molecular weight is 565 g/mol. The molecule has 4 amide bonds. The number of imide groups is 2. The van der Waals surface area contributed by atoms with E-state index in [1.165, 1.54) is 13.2 Å². The Bertz CT molecular complexity index is 1350. The van der Waals surface area contributed by atoms with Crippen LogP contribution in [0, 0.1) is 0 Å². The Morgan fingerprint density at radius 1 is 0.946 bits per heavy atom. The molecule has 0 radical (unpaired) electrons. The van der Waals surface area contributed by atoms with E-state index in [-0.39, 0.29) is 11.7 Å². The third-order valence-corrected chi connectivity index (χ3v) is 5.91. The number of carbonyl (C=O) groups excluding carboxylic acids is 3. The van der Waals surface area contributed by atoms with Crippen LogP contribution in [0.15, 0.2) is 76.8 Å². The molecule has 1 saturated heterocycles. The molecule has 0 aromatic heterocycles. The molecule has 1 heterocycles. The lowest BCUT2D eigenvalue weighted by Gasteiger charge is -2.26. The Kier molecular flexibility index (Phi) is 7.93. The van der Waals surface area contributed by atoms with Crippen molar-refractivity contribution in [1.82, 2.24) is 5.32 Å². The van der Waals surface area contributed by atoms with Gasteiger partial charge in [0.05, 0.1) is 18.9 Å². The summed E-state index contributed by atoms with van der Waals surface area (Å²) in [4.78, 5) is 39.2. The summed E-state index contributed by atoms with van der Waals surface area (Å²) < 4.78 is 17.9. The molecule has 4 rings (SSSR count). The zero-order valence-electron chi connectivity index (χ0n) is 20.5. The summed E-state index contributed by atoms with van der Waals surface area (Å²) >= 11 is 3.40. The number of ether oxygens (including phenoxy) is 3. The van der Waals surface area contributed by atoms with Crippen molar-refractivity contribution in [2.45, 2.75) is 26.6 Å². The van der Waals surface area contributed by atoms with E-state index in [0.717, 1.165) is 14.9 Å². The van der Waals surface area contributed by atoms with E-state index in [0.29, 0.717) is 35.1 Å². The highest BCUT2D eigenvalue weighted by Gasteiger charge is 2.36. The van der Waals surface area contributed by atoms with Crippen LogP contribution in [0.5, 0.6) is 17.2 Å². The van der Waals surface area contributed by atoms with Crippen molar-refractivity contribution < 1.29 is 28.6 Å². The van der Waals surface area contributed by atoms with Gasteiger partial charge in [-0.2, -0.15) is 0 Å². The van der Waals surface area contributed by atoms with Crippen molar-refractivity contribution >= 4 is 45.5 Å². The van der Waals surface area contributed by atoms with E-state index in [1.54, 1.807) is 42.5 Å². The number of nitrogens with one attached hydrogen (secondary N) is 1. The Hall–Kier alpha value is -4.11. The van der Waals surface area contributed by atoms with Gasteiger partial charge >= 0.3 is 6.03 Å². The summed E-state index contributed by atoms with van der Waals surface area (Å²) in [6.45, 7) is 4.15. The van der Waals surface area contributed by atoms with Crippen LogP contribution in [0.3, 0.4) is 0 Å². The first-order valence-corrected chi connectivity index (χ1v) is 12.3. The van der Waals surface area contributed by atoms with Gasteiger partial charge < -0.3 is 14.2 Å². The van der Waals surface area contributed by atoms with Gasteiger partial charge in [0, 0.05) is 4.47 Å². The number of hydrogen-bond donors (Lipinski definition) is 1. The Morgan fingerprint density at radius 3 is 2.30 bits per heavy atom. The number of rotatable bonds is 8. The van der Waals surface area contributed by atoms with Crippen LogP contribution in [0.4, 0.5) is 10.5 Å². The highest BCUT2D eigenvalue weighted by molar-refractivity contribution is 9.10. The van der Waals surface area contributed by atoms with E-state index < -0.39 is 17.8 Å². The maximum atomic E-state index is 13.2. The van der Waals surface area contributed by atoms with Crippen LogP contribution in [-0.2, 0) is 16.2 Å². The Labute approximate surface area is 223 Å². The first-order chi connectivity index (χ1) is 17.7. The van der Waals surface area contributed by atoms with Gasteiger partial charge in [-0.25, -0.2) is 9.69 Å². The molecule has 1 N–H and O–H groups in total. The van der Waals surface area contributed by atoms with Crippen LogP contribution in [0.2, 0.25) is 0 Å². The molecule has 0 bridgehead atoms. The zero-order valence-corrected chi connectivity index (χ0v) is 22.1. The predicted octanol–water partition coefficient (Wildman–Crippen LogP) is 5.49. The molecular formula is C28H25BrN2O6. The number of halogens is 1. The second kappa shape index (κ2) is 11.3. The smallest absolute Gasteiger partial charge is 0.335 e. The average Bonchev–Trinajstić information content (AvgIpc) is 2.87. The minimum Gasteiger partial charge on any atom is -0.493 e. The van der Waals surface area contributed by atoms with Crippen molar-refractivity contribution in [3.63, 3.8) is 0 Å². The quantitative estimate of drug-likeness (QED) is 0.287. The lowest BCUT2D eigenvalue weighted by Crippen LogP contribution is -2.54. The van der Waals surface area contributed by atoms with Gasteiger partial charge in [0.15, 0.2) is 11.5 Å². The van der Waals surface area contributed by atoms with Gasteiger partial charge in [0.1, 0.15) is 17.9 Å². The van der Waals surface area contributed by atoms with Gasteiger partial charge in [0.2, 0.25) is 0 Å². The topological polar surface area (TPSA) is 94.2 Å². The van der Waals surface area contributed by atoms with Crippen LogP contribution in [-0.4, -0.2) is 31.1 Å². The fourth-order valence-corrected chi connectivity index (χ4v) is 3.89. The van der Waals surface area contributed by atoms with Crippen LogP contribution in [0.25, 0.3) is 6.08 Å². The van der Waals surface area contributed by atoms with Crippen molar-refractivity contribution in [2.75, 3.05) is 12.0 Å². The minimum absolute atomic E-state index is 0.0547. The summed E-state index contributed by atoms with van der Waals surface area (Å²) in [5.41, 5.74) is 1.65. The monoisotopic (exact) mass is 564 g/mol. The molecule has 0 aliphatic carbocycles. The third-order valence-electron chi connectivity index (χ3n) is 5.38. The summed E-state index contributed by atoms with van der Waals surface area (Å²) in [6.07, 6.45) is 1.36. The SMILES string of the molecule is COc1cc(/C=C2\C(=O)NC(=O)N(c3ccc(OCc4ccc(Br)cc4)cc3)C2=O)ccc1OC(C)C. The van der Waals surface area contributed by atoms with Crippen molar-refractivity contribution in [3.05, 3.63) is 87.9 Å². The molecule has 3 aromatic carbocycles. The number of anilines is 1. The zero-order chi connectivity index (χ0) is 26.5. The highest BCUT2D eigenvalue weighted by Crippen LogP contribution is 2.31. The van der Waals surface area contributed by atoms with E-state index >= 15 is 0 Å². The summed E-state index contributed by atoms with van der Waals surface area (Å²) in [5, 5.41) is 2.23. The molecule has 8 nitrogen and oxygen atoms in total. The molecular weight excluding hydrogens is 540 g/mol. The normalized spacial score (nSPS) is 14.7. The van der Waals surface area contributed by atoms with Gasteiger partial charge in [-0.05, 0) is 79.6 Å². The fraction of sp³-hybridized carbons (Fsp3) is 0.179. The van der Waals surface area contributed by atoms with Crippen molar-refractivity contribution in [3.8, 4) is 17.2 Å². The van der Waals surface area contributed by atoms with Crippen LogP contribution < -0.4 is 24.4 Å². The first-order valence-electron chi connectivity index (χ1n) is 11.5. The molecule has 1 fully saturated rings. The van der Waals surface area contributed by atoms with Crippen LogP contribution >= 0.6 is 15.9 Å². The molecule has 190 valence electrons. The molecule has 0 unspecified atom stereocenters. The Balaban J connectivity index is 1.53. The van der Waals surface area contributed by atoms with Gasteiger partial charge in [-0.3, -0.25) is 14.9 Å². The third kappa shape index (κ3) is 6.18. The molecule has 0 atom stereocenters. The molecule has 3 aromatic rings. The highest BCUT2D eigenvalue weighted by atomic mass is 79.9. The number of benzene rings is 3. The lowest BCUT2D eigenvalue weighted by molar-refractivity contribution is -0.122. The van der Waals surface area contributed by atoms with E-state index in [2.05, 4.69) is 21.2 Å². The van der Waals surface area contributed by atoms with Gasteiger partial charge in [-0.15, -0.1) is 0 Å². The number of nitrogens with zero attached hydrogens (tertiary/aromatic N) is 1. The summed E-state index contributed by atoms with van der Waals surface area (Å²) in [7, 11) is 1.50. The molecule has 37 heavy (non-hydrogen) atoms. The number of methoxy groups -OCH3 is 1. The minimum atomic E-state index is -0.825. The first kappa shape index (κ1) is 26.0. The number of hydrogen-bond acceptors (Lipinski definition) is 6. The van der Waals surface area contributed by atoms with E-state index in [9.17, 15) is 14.4 Å².